The number of rotatable bonds is 6. The van der Waals surface area contributed by atoms with Gasteiger partial charge in [-0.15, -0.1) is 6.58 Å². The van der Waals surface area contributed by atoms with E-state index in [9.17, 15) is 4.79 Å². The molecule has 1 aromatic carbocycles. The second kappa shape index (κ2) is 7.36. The van der Waals surface area contributed by atoms with Gasteiger partial charge in [0.2, 0.25) is 0 Å². The molecule has 1 heterocycles. The first-order valence-electron chi connectivity index (χ1n) is 7.19. The Bertz CT molecular complexity index is 667. The molecule has 1 amide bonds. The van der Waals surface area contributed by atoms with Gasteiger partial charge < -0.3 is 10.6 Å². The van der Waals surface area contributed by atoms with Crippen LogP contribution in [0.2, 0.25) is 0 Å². The van der Waals surface area contributed by atoms with Crippen LogP contribution in [-0.2, 0) is 0 Å². The smallest absolute Gasteiger partial charge is 0.270 e. The third-order valence-electron chi connectivity index (χ3n) is 3.15. The number of aromatic nitrogens is 2. The predicted octanol–water partition coefficient (Wildman–Crippen LogP) is 3.26. The molecular weight excluding hydrogens is 276 g/mol. The van der Waals surface area contributed by atoms with Crippen molar-refractivity contribution in [2.24, 2.45) is 0 Å². The highest BCUT2D eigenvalue weighted by atomic mass is 16.1. The first kappa shape index (κ1) is 15.7. The number of amides is 1. The Morgan fingerprint density at radius 2 is 2.09 bits per heavy atom. The molecule has 0 aliphatic heterocycles. The molecule has 1 aromatic heterocycles. The maximum atomic E-state index is 11.9. The molecule has 0 fully saturated rings. The summed E-state index contributed by atoms with van der Waals surface area (Å²) in [5, 5.41) is 5.95. The zero-order valence-corrected chi connectivity index (χ0v) is 12.8. The number of para-hydroxylation sites is 1. The van der Waals surface area contributed by atoms with Gasteiger partial charge in [0.05, 0.1) is 0 Å². The van der Waals surface area contributed by atoms with Crippen LogP contribution in [-0.4, -0.2) is 22.4 Å². The average Bonchev–Trinajstić information content (AvgIpc) is 2.53. The van der Waals surface area contributed by atoms with E-state index >= 15 is 0 Å². The summed E-state index contributed by atoms with van der Waals surface area (Å²) >= 11 is 0. The summed E-state index contributed by atoms with van der Waals surface area (Å²) in [4.78, 5) is 20.1. The molecule has 0 spiro atoms. The van der Waals surface area contributed by atoms with Crippen molar-refractivity contribution >= 4 is 17.4 Å². The monoisotopic (exact) mass is 296 g/mol. The lowest BCUT2D eigenvalue weighted by Gasteiger charge is -2.14. The van der Waals surface area contributed by atoms with Gasteiger partial charge in [0, 0.05) is 18.3 Å². The van der Waals surface area contributed by atoms with Crippen LogP contribution in [0.1, 0.15) is 35.8 Å². The molecule has 0 saturated carbocycles. The first-order chi connectivity index (χ1) is 10.6. The highest BCUT2D eigenvalue weighted by molar-refractivity contribution is 5.93. The Hall–Kier alpha value is -2.69. The fourth-order valence-corrected chi connectivity index (χ4v) is 2.06. The Kier molecular flexibility index (Phi) is 5.25. The molecule has 0 saturated heterocycles. The summed E-state index contributed by atoms with van der Waals surface area (Å²) in [6.45, 7) is 8.24. The average molecular weight is 296 g/mol. The van der Waals surface area contributed by atoms with E-state index in [0.29, 0.717) is 24.0 Å². The number of anilines is 2. The number of hydrogen-bond acceptors (Lipinski definition) is 4. The molecule has 5 nitrogen and oxygen atoms in total. The van der Waals surface area contributed by atoms with Gasteiger partial charge in [0.25, 0.3) is 5.91 Å². The molecule has 2 N–H and O–H groups in total. The lowest BCUT2D eigenvalue weighted by atomic mass is 10.0. The summed E-state index contributed by atoms with van der Waals surface area (Å²) in [5.74, 6) is 0.732. The summed E-state index contributed by atoms with van der Waals surface area (Å²) in [7, 11) is 0. The molecule has 0 radical (unpaired) electrons. The van der Waals surface area contributed by atoms with Gasteiger partial charge in [-0.1, -0.05) is 38.1 Å². The van der Waals surface area contributed by atoms with Crippen molar-refractivity contribution in [1.82, 2.24) is 15.3 Å². The van der Waals surface area contributed by atoms with Gasteiger partial charge in [-0.2, -0.15) is 0 Å². The van der Waals surface area contributed by atoms with E-state index in [1.165, 1.54) is 11.9 Å². The zero-order chi connectivity index (χ0) is 15.9. The highest BCUT2D eigenvalue weighted by Gasteiger charge is 2.10. The molecule has 2 rings (SSSR count). The molecular formula is C17H20N4O. The van der Waals surface area contributed by atoms with Crippen LogP contribution in [0, 0.1) is 0 Å². The van der Waals surface area contributed by atoms with Crippen molar-refractivity contribution < 1.29 is 4.79 Å². The van der Waals surface area contributed by atoms with E-state index in [1.807, 2.05) is 18.2 Å². The molecule has 114 valence electrons. The number of nitrogens with one attached hydrogen (secondary N) is 2. The van der Waals surface area contributed by atoms with Gasteiger partial charge in [0.15, 0.2) is 0 Å². The Balaban J connectivity index is 2.21. The van der Waals surface area contributed by atoms with Gasteiger partial charge >= 0.3 is 0 Å². The second-order valence-corrected chi connectivity index (χ2v) is 5.15. The van der Waals surface area contributed by atoms with Gasteiger partial charge in [0.1, 0.15) is 17.8 Å². The number of benzene rings is 1. The minimum Gasteiger partial charge on any atom is -0.347 e. The maximum absolute atomic E-state index is 11.9. The molecule has 22 heavy (non-hydrogen) atoms. The maximum Gasteiger partial charge on any atom is 0.270 e. The van der Waals surface area contributed by atoms with Crippen molar-refractivity contribution in [3.8, 4) is 0 Å². The standard InChI is InChI=1S/C17H20N4O/c1-4-9-18-17(22)15-10-16(20-11-19-15)21-14-8-6-5-7-13(14)12(2)3/h4-8,10-12H,1,9H2,2-3H3,(H,18,22)(H,19,20,21). The molecule has 0 aliphatic rings. The Morgan fingerprint density at radius 3 is 2.82 bits per heavy atom. The summed E-state index contributed by atoms with van der Waals surface area (Å²) in [6.07, 6.45) is 3.00. The molecule has 0 bridgehead atoms. The number of hydrogen-bond donors (Lipinski definition) is 2. The van der Waals surface area contributed by atoms with E-state index in [2.05, 4.69) is 47.1 Å². The van der Waals surface area contributed by atoms with E-state index in [0.717, 1.165) is 5.69 Å². The highest BCUT2D eigenvalue weighted by Crippen LogP contribution is 2.26. The van der Waals surface area contributed by atoms with Crippen molar-refractivity contribution in [3.63, 3.8) is 0 Å². The van der Waals surface area contributed by atoms with Gasteiger partial charge in [-0.05, 0) is 17.5 Å². The minimum absolute atomic E-state index is 0.248. The quantitative estimate of drug-likeness (QED) is 0.803. The van der Waals surface area contributed by atoms with Crippen molar-refractivity contribution in [3.05, 3.63) is 60.6 Å². The largest absolute Gasteiger partial charge is 0.347 e. The van der Waals surface area contributed by atoms with Crippen molar-refractivity contribution in [2.45, 2.75) is 19.8 Å². The summed E-state index contributed by atoms with van der Waals surface area (Å²) in [5.41, 5.74) is 2.49. The lowest BCUT2D eigenvalue weighted by molar-refractivity contribution is 0.0953. The van der Waals surface area contributed by atoms with Crippen LogP contribution in [0.4, 0.5) is 11.5 Å². The fraction of sp³-hybridized carbons (Fsp3) is 0.235. The normalized spacial score (nSPS) is 10.3. The lowest BCUT2D eigenvalue weighted by Crippen LogP contribution is -2.24. The van der Waals surface area contributed by atoms with Crippen LogP contribution in [0.15, 0.2) is 49.3 Å². The van der Waals surface area contributed by atoms with E-state index in [-0.39, 0.29) is 5.91 Å². The third kappa shape index (κ3) is 3.91. The van der Waals surface area contributed by atoms with Gasteiger partial charge in [-0.25, -0.2) is 9.97 Å². The molecule has 0 unspecified atom stereocenters. The molecule has 2 aromatic rings. The first-order valence-corrected chi connectivity index (χ1v) is 7.19. The van der Waals surface area contributed by atoms with Crippen LogP contribution >= 0.6 is 0 Å². The number of nitrogens with zero attached hydrogens (tertiary/aromatic N) is 2. The van der Waals surface area contributed by atoms with Gasteiger partial charge in [-0.3, -0.25) is 4.79 Å². The van der Waals surface area contributed by atoms with E-state index in [4.69, 9.17) is 0 Å². The zero-order valence-electron chi connectivity index (χ0n) is 12.8. The Morgan fingerprint density at radius 1 is 1.32 bits per heavy atom. The molecule has 5 heteroatoms. The third-order valence-corrected chi connectivity index (χ3v) is 3.15. The summed E-state index contributed by atoms with van der Waals surface area (Å²) in [6, 6.07) is 9.68. The van der Waals surface area contributed by atoms with Crippen LogP contribution in [0.5, 0.6) is 0 Å². The van der Waals surface area contributed by atoms with Crippen LogP contribution < -0.4 is 10.6 Å². The SMILES string of the molecule is C=CCNC(=O)c1cc(Nc2ccccc2C(C)C)ncn1. The summed E-state index contributed by atoms with van der Waals surface area (Å²) < 4.78 is 0. The minimum atomic E-state index is -0.248. The predicted molar refractivity (Wildman–Crippen MR) is 88.4 cm³/mol. The molecule has 0 atom stereocenters. The number of carbonyl (C=O) groups excluding carboxylic acids is 1. The number of carbonyl (C=O) groups is 1. The van der Waals surface area contributed by atoms with Crippen molar-refractivity contribution in [1.29, 1.82) is 0 Å². The fourth-order valence-electron chi connectivity index (χ4n) is 2.06. The van der Waals surface area contributed by atoms with Crippen LogP contribution in [0.3, 0.4) is 0 Å². The van der Waals surface area contributed by atoms with Crippen molar-refractivity contribution in [2.75, 3.05) is 11.9 Å². The van der Waals surface area contributed by atoms with E-state index < -0.39 is 0 Å². The van der Waals surface area contributed by atoms with E-state index in [1.54, 1.807) is 12.1 Å². The second-order valence-electron chi connectivity index (χ2n) is 5.15. The topological polar surface area (TPSA) is 66.9 Å². The van der Waals surface area contributed by atoms with Crippen LogP contribution in [0.25, 0.3) is 0 Å². The molecule has 0 aliphatic carbocycles. The Labute approximate surface area is 130 Å².